The van der Waals surface area contributed by atoms with Crippen molar-refractivity contribution in [1.82, 2.24) is 0 Å². The van der Waals surface area contributed by atoms with Gasteiger partial charge in [0.15, 0.2) is 0 Å². The summed E-state index contributed by atoms with van der Waals surface area (Å²) in [5.41, 5.74) is 0.395. The zero-order chi connectivity index (χ0) is 14.9. The molecule has 1 nitrogen and oxygen atoms in total. The molecular formula is C13H6Cl6O. The summed E-state index contributed by atoms with van der Waals surface area (Å²) in [5, 5.41) is 0.955. The van der Waals surface area contributed by atoms with Gasteiger partial charge < -0.3 is 4.74 Å². The Bertz CT molecular complexity index is 641. The number of halogens is 6. The van der Waals surface area contributed by atoms with E-state index in [4.69, 9.17) is 74.3 Å². The topological polar surface area (TPSA) is 9.23 Å². The van der Waals surface area contributed by atoms with Crippen molar-refractivity contribution in [2.45, 2.75) is 4.52 Å². The number of alkyl halides is 2. The molecule has 20 heavy (non-hydrogen) atoms. The molecule has 106 valence electrons. The lowest BCUT2D eigenvalue weighted by molar-refractivity contribution is 0.246. The Morgan fingerprint density at radius 1 is 0.750 bits per heavy atom. The fraction of sp³-hybridized carbons (Fsp3) is 0.0769. The molecule has 0 fully saturated rings. The van der Waals surface area contributed by atoms with E-state index in [1.165, 1.54) is 12.1 Å². The average molecular weight is 391 g/mol. The van der Waals surface area contributed by atoms with Crippen LogP contribution >= 0.6 is 69.6 Å². The normalized spacial score (nSPS) is 11.5. The summed E-state index contributed by atoms with van der Waals surface area (Å²) in [5.74, 6) is 0.200. The van der Waals surface area contributed by atoms with Crippen molar-refractivity contribution in [2.75, 3.05) is 0 Å². The van der Waals surface area contributed by atoms with E-state index in [0.29, 0.717) is 15.6 Å². The number of hydrogen-bond donors (Lipinski definition) is 0. The molecule has 2 aromatic rings. The average Bonchev–Trinajstić information content (AvgIpc) is 2.40. The molecule has 0 aliphatic carbocycles. The molecule has 2 aromatic carbocycles. The molecule has 0 saturated heterocycles. The predicted octanol–water partition coefficient (Wildman–Crippen LogP) is 6.97. The minimum atomic E-state index is -1.71. The Morgan fingerprint density at radius 3 is 2.05 bits per heavy atom. The molecule has 7 heteroatoms. The van der Waals surface area contributed by atoms with Crippen LogP contribution in [0.4, 0.5) is 0 Å². The lowest BCUT2D eigenvalue weighted by Crippen LogP contribution is -2.19. The second kappa shape index (κ2) is 6.39. The first-order valence-electron chi connectivity index (χ1n) is 5.28. The zero-order valence-corrected chi connectivity index (χ0v) is 14.2. The van der Waals surface area contributed by atoms with Gasteiger partial charge in [-0.25, -0.2) is 0 Å². The number of ether oxygens (including phenoxy) is 1. The lowest BCUT2D eigenvalue weighted by atomic mass is 10.2. The van der Waals surface area contributed by atoms with Gasteiger partial charge in [0, 0.05) is 5.56 Å². The van der Waals surface area contributed by atoms with Crippen LogP contribution in [0.1, 0.15) is 5.56 Å². The van der Waals surface area contributed by atoms with E-state index < -0.39 is 4.52 Å². The second-order valence-corrected chi connectivity index (χ2v) is 6.60. The monoisotopic (exact) mass is 388 g/mol. The van der Waals surface area contributed by atoms with E-state index in [1.807, 2.05) is 0 Å². The molecule has 0 radical (unpaired) electrons. The summed E-state index contributed by atoms with van der Waals surface area (Å²) in [7, 11) is 0. The molecule has 0 spiro atoms. The zero-order valence-electron chi connectivity index (χ0n) is 9.64. The third-order valence-corrected chi connectivity index (χ3v) is 4.59. The number of benzene rings is 2. The summed E-state index contributed by atoms with van der Waals surface area (Å²) in [6.07, 6.45) is 0. The van der Waals surface area contributed by atoms with E-state index in [-0.39, 0.29) is 15.8 Å². The molecule has 0 amide bonds. The molecular weight excluding hydrogens is 385 g/mol. The van der Waals surface area contributed by atoms with E-state index in [0.717, 1.165) is 0 Å². The van der Waals surface area contributed by atoms with Crippen molar-refractivity contribution in [3.05, 3.63) is 62.1 Å². The Balaban J connectivity index is 2.39. The van der Waals surface area contributed by atoms with Gasteiger partial charge in [0.25, 0.3) is 4.52 Å². The van der Waals surface area contributed by atoms with Gasteiger partial charge >= 0.3 is 0 Å². The summed E-state index contributed by atoms with van der Waals surface area (Å²) in [4.78, 5) is 0. The van der Waals surface area contributed by atoms with E-state index in [2.05, 4.69) is 0 Å². The van der Waals surface area contributed by atoms with Crippen molar-refractivity contribution < 1.29 is 4.74 Å². The van der Waals surface area contributed by atoms with Gasteiger partial charge in [-0.1, -0.05) is 87.8 Å². The fourth-order valence-corrected chi connectivity index (χ4v) is 2.90. The molecule has 0 aromatic heterocycles. The number of rotatable bonds is 3. The number of hydrogen-bond acceptors (Lipinski definition) is 1. The van der Waals surface area contributed by atoms with Crippen LogP contribution in [0.25, 0.3) is 0 Å². The first-order valence-corrected chi connectivity index (χ1v) is 7.55. The molecule has 2 rings (SSSR count). The standard InChI is InChI=1S/C13H6Cl6O/c14-8-4-2-1-3-7(8)13(18,19)20-10-6-5-9(15)11(16)12(10)17/h1-6H. The van der Waals surface area contributed by atoms with Crippen molar-refractivity contribution in [3.8, 4) is 5.75 Å². The SMILES string of the molecule is Clc1ccccc1C(Cl)(Cl)Oc1ccc(Cl)c(Cl)c1Cl. The lowest BCUT2D eigenvalue weighted by Gasteiger charge is -2.23. The van der Waals surface area contributed by atoms with E-state index in [9.17, 15) is 0 Å². The maximum Gasteiger partial charge on any atom is 0.286 e. The van der Waals surface area contributed by atoms with Gasteiger partial charge in [-0.3, -0.25) is 0 Å². The van der Waals surface area contributed by atoms with Crippen LogP contribution in [0.15, 0.2) is 36.4 Å². The largest absolute Gasteiger partial charge is 0.452 e. The molecule has 0 atom stereocenters. The summed E-state index contributed by atoms with van der Waals surface area (Å²) in [6, 6.07) is 9.83. The van der Waals surface area contributed by atoms with Gasteiger partial charge in [0.05, 0.1) is 15.1 Å². The third kappa shape index (κ3) is 3.41. The maximum absolute atomic E-state index is 6.19. The summed E-state index contributed by atoms with van der Waals surface area (Å²) in [6.45, 7) is 0. The summed E-state index contributed by atoms with van der Waals surface area (Å²) >= 11 is 36.2. The molecule has 0 N–H and O–H groups in total. The van der Waals surface area contributed by atoms with Crippen molar-refractivity contribution in [2.24, 2.45) is 0 Å². The quantitative estimate of drug-likeness (QED) is 0.406. The van der Waals surface area contributed by atoms with Crippen molar-refractivity contribution in [3.63, 3.8) is 0 Å². The van der Waals surface area contributed by atoms with Gasteiger partial charge in [-0.05, 0) is 18.2 Å². The van der Waals surface area contributed by atoms with Crippen LogP contribution < -0.4 is 4.74 Å². The van der Waals surface area contributed by atoms with Gasteiger partial charge in [-0.15, -0.1) is 0 Å². The Kier molecular flexibility index (Phi) is 5.23. The van der Waals surface area contributed by atoms with Crippen LogP contribution in [0.2, 0.25) is 20.1 Å². The van der Waals surface area contributed by atoms with Crippen LogP contribution in [-0.4, -0.2) is 0 Å². The van der Waals surface area contributed by atoms with Crippen LogP contribution in [0.3, 0.4) is 0 Å². The first kappa shape index (κ1) is 16.4. The van der Waals surface area contributed by atoms with Gasteiger partial charge in [0.2, 0.25) is 0 Å². The van der Waals surface area contributed by atoms with Gasteiger partial charge in [0.1, 0.15) is 10.8 Å². The molecule has 0 aliphatic heterocycles. The smallest absolute Gasteiger partial charge is 0.286 e. The Morgan fingerprint density at radius 2 is 1.40 bits per heavy atom. The van der Waals surface area contributed by atoms with Crippen LogP contribution in [0, 0.1) is 0 Å². The molecule has 0 aliphatic rings. The van der Waals surface area contributed by atoms with Gasteiger partial charge in [-0.2, -0.15) is 0 Å². The first-order chi connectivity index (χ1) is 9.33. The summed E-state index contributed by atoms with van der Waals surface area (Å²) < 4.78 is 3.80. The van der Waals surface area contributed by atoms with Crippen LogP contribution in [0.5, 0.6) is 5.75 Å². The highest BCUT2D eigenvalue weighted by atomic mass is 35.5. The highest BCUT2D eigenvalue weighted by molar-refractivity contribution is 6.49. The minimum Gasteiger partial charge on any atom is -0.452 e. The predicted molar refractivity (Wildman–Crippen MR) is 86.9 cm³/mol. The molecule has 0 heterocycles. The second-order valence-electron chi connectivity index (χ2n) is 3.77. The molecule has 0 unspecified atom stereocenters. The van der Waals surface area contributed by atoms with E-state index in [1.54, 1.807) is 24.3 Å². The maximum atomic E-state index is 6.19. The fourth-order valence-electron chi connectivity index (χ4n) is 1.48. The van der Waals surface area contributed by atoms with Crippen molar-refractivity contribution in [1.29, 1.82) is 0 Å². The Hall–Kier alpha value is -0.0200. The highest BCUT2D eigenvalue weighted by Crippen LogP contribution is 2.44. The van der Waals surface area contributed by atoms with Crippen molar-refractivity contribution >= 4 is 69.6 Å². The highest BCUT2D eigenvalue weighted by Gasteiger charge is 2.32. The minimum absolute atomic E-state index is 0.122. The van der Waals surface area contributed by atoms with E-state index >= 15 is 0 Å². The van der Waals surface area contributed by atoms with Crippen LogP contribution in [-0.2, 0) is 4.52 Å². The Labute approximate surface area is 146 Å². The third-order valence-electron chi connectivity index (χ3n) is 2.43. The molecule has 0 bridgehead atoms. The molecule has 0 saturated carbocycles.